The molecule has 0 heterocycles. The molecule has 0 fully saturated rings. The average Bonchev–Trinajstić information content (AvgIpc) is 0. The van der Waals surface area contributed by atoms with Gasteiger partial charge in [-0.15, -0.1) is 0 Å². The Hall–Kier alpha value is 2.25. The van der Waals surface area contributed by atoms with Crippen LogP contribution in [-0.2, 0) is 44.3 Å². The Morgan fingerprint density at radius 1 is 0.571 bits per heavy atom. The SMILES string of the molecule is [Ag+].[In+3].[O-2].[O-2].[O-2].[O-2].[Sn+4]. The predicted octanol–water partition coefficient (Wildman–Crippen LogP) is -1.24. The number of hydrogen-bond donors (Lipinski definition) is 0. The molecule has 0 aliphatic carbocycles. The first-order valence-corrected chi connectivity index (χ1v) is 0. The second kappa shape index (κ2) is 85.7. The van der Waals surface area contributed by atoms with E-state index in [1.807, 2.05) is 0 Å². The smallest absolute Gasteiger partial charge is 2.00 e. The van der Waals surface area contributed by atoms with Crippen molar-refractivity contribution in [3.05, 3.63) is 0 Å². The first kappa shape index (κ1) is 124. The molecule has 42 valence electrons. The van der Waals surface area contributed by atoms with E-state index in [1.54, 1.807) is 0 Å². The van der Waals surface area contributed by atoms with E-state index >= 15 is 0 Å². The van der Waals surface area contributed by atoms with Gasteiger partial charge in [-0.3, -0.25) is 0 Å². The number of rotatable bonds is 0. The normalized spacial score (nSPS) is 0. The minimum Gasteiger partial charge on any atom is -2.00 e. The van der Waals surface area contributed by atoms with Crippen molar-refractivity contribution in [3.8, 4) is 0 Å². The molecular weight excluding hydrogens is 405 g/mol. The Bertz CT molecular complexity index is 11.7. The molecule has 7 heavy (non-hydrogen) atoms. The van der Waals surface area contributed by atoms with Crippen LogP contribution in [0.4, 0.5) is 0 Å². The van der Waals surface area contributed by atoms with E-state index < -0.39 is 0 Å². The molecule has 0 atom stereocenters. The van der Waals surface area contributed by atoms with Crippen LogP contribution in [0.3, 0.4) is 0 Å². The maximum absolute atomic E-state index is 0. The van der Waals surface area contributed by atoms with Crippen LogP contribution in [0.5, 0.6) is 0 Å². The Morgan fingerprint density at radius 3 is 0.571 bits per heavy atom. The molecule has 0 aromatic heterocycles. The molecule has 0 unspecified atom stereocenters. The number of hydrogen-bond acceptors (Lipinski definition) is 0. The summed E-state index contributed by atoms with van der Waals surface area (Å²) in [5.74, 6) is 0. The van der Waals surface area contributed by atoms with E-state index in [9.17, 15) is 0 Å². The molecule has 0 aliphatic heterocycles. The molecular formula is AgInO4Sn. The zero-order valence-corrected chi connectivity index (χ0v) is 10.6. The Labute approximate surface area is 92.9 Å². The van der Waals surface area contributed by atoms with Crippen molar-refractivity contribution in [2.75, 3.05) is 0 Å². The van der Waals surface area contributed by atoms with Crippen LogP contribution in [0.2, 0.25) is 0 Å². The van der Waals surface area contributed by atoms with E-state index in [4.69, 9.17) is 0 Å². The van der Waals surface area contributed by atoms with Gasteiger partial charge in [-0.2, -0.15) is 0 Å². The van der Waals surface area contributed by atoms with Gasteiger partial charge in [0.25, 0.3) is 0 Å². The minimum absolute atomic E-state index is 0. The largest absolute Gasteiger partial charge is 4.00 e. The van der Waals surface area contributed by atoms with E-state index in [-0.39, 0.29) is 94.0 Å². The first-order valence-electron chi connectivity index (χ1n) is 0. The molecule has 0 saturated carbocycles. The standard InChI is InChI=1S/Ag.In.4O.Sn/q+1;+3;4*-2;+4. The van der Waals surface area contributed by atoms with Gasteiger partial charge in [0.05, 0.1) is 0 Å². The molecule has 0 saturated heterocycles. The zero-order valence-electron chi connectivity index (χ0n) is 3.01. The van der Waals surface area contributed by atoms with Gasteiger partial charge in [0.15, 0.2) is 0 Å². The monoisotopic (exact) mass is 406 g/mol. The van der Waals surface area contributed by atoms with E-state index in [1.165, 1.54) is 0 Å². The second-order valence-corrected chi connectivity index (χ2v) is 0. The van der Waals surface area contributed by atoms with Gasteiger partial charge in [-0.25, -0.2) is 0 Å². The summed E-state index contributed by atoms with van der Waals surface area (Å²) in [6, 6.07) is 0. The fourth-order valence-corrected chi connectivity index (χ4v) is 0. The van der Waals surface area contributed by atoms with Gasteiger partial charge in [-0.1, -0.05) is 0 Å². The van der Waals surface area contributed by atoms with E-state index in [0.29, 0.717) is 0 Å². The van der Waals surface area contributed by atoms with Crippen molar-refractivity contribution in [2.24, 2.45) is 0 Å². The average molecular weight is 405 g/mol. The van der Waals surface area contributed by atoms with Crippen LogP contribution in [-0.4, -0.2) is 49.8 Å². The van der Waals surface area contributed by atoms with Crippen molar-refractivity contribution in [1.82, 2.24) is 0 Å². The van der Waals surface area contributed by atoms with Crippen molar-refractivity contribution in [2.45, 2.75) is 0 Å². The summed E-state index contributed by atoms with van der Waals surface area (Å²) in [7, 11) is 0. The summed E-state index contributed by atoms with van der Waals surface area (Å²) in [5.41, 5.74) is 0. The molecule has 0 aromatic rings. The molecule has 0 bridgehead atoms. The fourth-order valence-electron chi connectivity index (χ4n) is 0. The molecule has 0 radical (unpaired) electrons. The molecule has 7 heteroatoms. The van der Waals surface area contributed by atoms with Crippen LogP contribution < -0.4 is 0 Å². The Balaban J connectivity index is 0. The van der Waals surface area contributed by atoms with Gasteiger partial charge in [0.1, 0.15) is 0 Å². The van der Waals surface area contributed by atoms with E-state index in [0.717, 1.165) is 0 Å². The van der Waals surface area contributed by atoms with Gasteiger partial charge < -0.3 is 21.9 Å². The molecule has 0 aliphatic rings. The third-order valence-electron chi connectivity index (χ3n) is 0. The second-order valence-electron chi connectivity index (χ2n) is 0. The molecule has 0 aromatic carbocycles. The summed E-state index contributed by atoms with van der Waals surface area (Å²) in [6.45, 7) is 0. The summed E-state index contributed by atoms with van der Waals surface area (Å²) < 4.78 is 0. The summed E-state index contributed by atoms with van der Waals surface area (Å²) in [6.07, 6.45) is 0. The Kier molecular flexibility index (Phi) is 1520. The third kappa shape index (κ3) is 63.7. The summed E-state index contributed by atoms with van der Waals surface area (Å²) in [4.78, 5) is 0. The summed E-state index contributed by atoms with van der Waals surface area (Å²) in [5, 5.41) is 0. The van der Waals surface area contributed by atoms with Crippen LogP contribution in [0, 0.1) is 0 Å². The van der Waals surface area contributed by atoms with Gasteiger partial charge in [0.2, 0.25) is 0 Å². The molecule has 0 N–H and O–H groups in total. The quantitative estimate of drug-likeness (QED) is 0.449. The van der Waals surface area contributed by atoms with Crippen molar-refractivity contribution < 1.29 is 44.3 Å². The van der Waals surface area contributed by atoms with Crippen molar-refractivity contribution in [1.29, 1.82) is 0 Å². The zero-order chi connectivity index (χ0) is 0. The van der Waals surface area contributed by atoms with Crippen molar-refractivity contribution >= 4 is 49.8 Å². The maximum atomic E-state index is 0. The first-order chi connectivity index (χ1) is 0. The van der Waals surface area contributed by atoms with Crippen molar-refractivity contribution in [3.63, 3.8) is 0 Å². The van der Waals surface area contributed by atoms with Crippen LogP contribution in [0.15, 0.2) is 0 Å². The molecule has 0 amide bonds. The third-order valence-corrected chi connectivity index (χ3v) is 0. The van der Waals surface area contributed by atoms with Gasteiger partial charge in [0, 0.05) is 0 Å². The molecule has 4 nitrogen and oxygen atoms in total. The maximum Gasteiger partial charge on any atom is 4.00 e. The fraction of sp³-hybridized carbons (Fsp3) is 0. The van der Waals surface area contributed by atoms with Gasteiger partial charge in [-0.05, 0) is 0 Å². The molecule has 0 spiro atoms. The van der Waals surface area contributed by atoms with Gasteiger partial charge >= 0.3 is 72.1 Å². The minimum atomic E-state index is 0. The molecule has 0 rings (SSSR count). The predicted molar refractivity (Wildman–Crippen MR) is 14.3 cm³/mol. The van der Waals surface area contributed by atoms with Crippen LogP contribution >= 0.6 is 0 Å². The Morgan fingerprint density at radius 2 is 0.571 bits per heavy atom. The topological polar surface area (TPSA) is 114 Å². The van der Waals surface area contributed by atoms with E-state index in [2.05, 4.69) is 0 Å². The van der Waals surface area contributed by atoms with Crippen LogP contribution in [0.1, 0.15) is 0 Å². The van der Waals surface area contributed by atoms with Crippen LogP contribution in [0.25, 0.3) is 0 Å². The summed E-state index contributed by atoms with van der Waals surface area (Å²) >= 11 is 0.